The van der Waals surface area contributed by atoms with Crippen molar-refractivity contribution in [2.75, 3.05) is 38.2 Å². The fourth-order valence-corrected chi connectivity index (χ4v) is 13.4. The molecule has 2 heterocycles. The fraction of sp³-hybridized carbons (Fsp3) is 0.425. The number of amides is 14. The van der Waals surface area contributed by atoms with Crippen LogP contribution in [0.4, 0.5) is 0 Å². The van der Waals surface area contributed by atoms with Crippen molar-refractivity contribution in [3.05, 3.63) is 161 Å². The Morgan fingerprint density at radius 3 is 1.47 bits per heavy atom. The third-order valence-corrected chi connectivity index (χ3v) is 19.7. The molecule has 0 spiro atoms. The van der Waals surface area contributed by atoms with Crippen LogP contribution in [-0.4, -0.2) is 218 Å². The Hall–Kier alpha value is -12.1. The number of aromatic nitrogens is 1. The van der Waals surface area contributed by atoms with Gasteiger partial charge in [-0.2, -0.15) is 0 Å². The number of likely N-dealkylation sites (N-methyl/N-ethyl adjacent to an activating group) is 1. The molecule has 19 N–H and O–H groups in total. The van der Waals surface area contributed by atoms with Crippen molar-refractivity contribution in [3.8, 4) is 17.2 Å². The molecular formula is C80H103N15O18S. The van der Waals surface area contributed by atoms with Crippen LogP contribution >= 0.6 is 11.8 Å². The number of aliphatic hydroxyl groups excluding tert-OH is 1. The average Bonchev–Trinajstić information content (AvgIpc) is 1.29. The van der Waals surface area contributed by atoms with Gasteiger partial charge >= 0.3 is 0 Å². The molecule has 33 nitrogen and oxygen atoms in total. The quantitative estimate of drug-likeness (QED) is 0.0495. The summed E-state index contributed by atoms with van der Waals surface area (Å²) in [7, 11) is 1.31. The highest BCUT2D eigenvalue weighted by Crippen LogP contribution is 2.23. The summed E-state index contributed by atoms with van der Waals surface area (Å²) in [6.45, 7) is 8.90. The van der Waals surface area contributed by atoms with Crippen LogP contribution in [0.2, 0.25) is 0 Å². The molecule has 1 saturated heterocycles. The Bertz CT molecular complexity index is 4360. The van der Waals surface area contributed by atoms with Gasteiger partial charge in [0.1, 0.15) is 83.7 Å². The van der Waals surface area contributed by atoms with Gasteiger partial charge in [0.05, 0.1) is 25.4 Å². The molecule has 0 unspecified atom stereocenters. The van der Waals surface area contributed by atoms with Gasteiger partial charge in [-0.05, 0) is 108 Å². The molecule has 114 heavy (non-hydrogen) atoms. The van der Waals surface area contributed by atoms with Gasteiger partial charge in [-0.15, -0.1) is 11.8 Å². The van der Waals surface area contributed by atoms with Crippen LogP contribution in [0.15, 0.2) is 134 Å². The number of aromatic amines is 1. The summed E-state index contributed by atoms with van der Waals surface area (Å²) in [4.78, 5) is 206. The number of para-hydroxylation sites is 1. The second-order valence-corrected chi connectivity index (χ2v) is 30.3. The summed E-state index contributed by atoms with van der Waals surface area (Å²) >= 11 is 0.821. The minimum Gasteiger partial charge on any atom is -0.508 e. The topological polar surface area (TPSA) is 509 Å². The van der Waals surface area contributed by atoms with Gasteiger partial charge in [-0.25, -0.2) is 0 Å². The number of primary amides is 1. The molecule has 6 aromatic rings. The Morgan fingerprint density at radius 2 is 0.947 bits per heavy atom. The first-order valence-electron chi connectivity index (χ1n) is 37.4. The van der Waals surface area contributed by atoms with Crippen LogP contribution in [0.5, 0.6) is 17.2 Å². The van der Waals surface area contributed by atoms with Crippen LogP contribution in [0.25, 0.3) is 10.9 Å². The molecule has 1 aliphatic rings. The maximum atomic E-state index is 15.5. The molecule has 0 aliphatic carbocycles. The van der Waals surface area contributed by atoms with Crippen LogP contribution in [-0.2, 0) is 99.2 Å². The minimum absolute atomic E-state index is 0.0292. The zero-order valence-electron chi connectivity index (χ0n) is 64.7. The van der Waals surface area contributed by atoms with Crippen molar-refractivity contribution in [1.82, 2.24) is 73.7 Å². The van der Waals surface area contributed by atoms with Crippen molar-refractivity contribution in [2.45, 2.75) is 160 Å². The maximum absolute atomic E-state index is 15.5. The summed E-state index contributed by atoms with van der Waals surface area (Å²) in [5.74, 6) is -15.5. The van der Waals surface area contributed by atoms with Crippen molar-refractivity contribution in [3.63, 3.8) is 0 Å². The predicted molar refractivity (Wildman–Crippen MR) is 422 cm³/mol. The van der Waals surface area contributed by atoms with E-state index in [1.54, 1.807) is 102 Å². The molecule has 5 aromatic carbocycles. The molecule has 11 atom stereocenters. The standard InChI is InChI=1S/C80H103N15O18S/c1-43(2)30-57-73(106)93-64(72(105)83-38-66(81)100)41-114-42-68(102)85-46(7)70(103)87-59(32-48-18-24-52(97)25-19-48)74(107)88-58(31-44(3)4)77(110)94-69(45(5)6)79(112)90-60(33-49-20-26-53(98)27-21-49)75(108)92-63(40-96)71(104)84-39-67(101)86-61(36-51-37-82-56-17-13-12-16-55(51)56)76(109)91-62(34-50-22-28-54(99)29-23-50)80(113)95(8)65(78(111)89-57)35-47-14-10-9-11-15-47/h9-29,37,43-46,57-65,69,82,96-99H,30-36,38-42H2,1-8H3,(H2,81,100)(H,83,105)(H,84,104)(H,85,102)(H,86,101)(H,87,103)(H,88,107)(H,89,111)(H,90,112)(H,91,109)(H,92,108)(H,93,106)(H,94,110)/t46-,57-,58-,59-,60-,61-,62-,63-,64-,65-,69-/m0/s1. The van der Waals surface area contributed by atoms with Gasteiger partial charge in [-0.1, -0.05) is 126 Å². The molecule has 0 saturated carbocycles. The second-order valence-electron chi connectivity index (χ2n) is 29.3. The Kier molecular flexibility index (Phi) is 33.7. The number of nitrogens with one attached hydrogen (secondary N) is 13. The molecule has 14 amide bonds. The van der Waals surface area contributed by atoms with Gasteiger partial charge in [-0.3, -0.25) is 67.1 Å². The third-order valence-electron chi connectivity index (χ3n) is 18.7. The number of carbonyl (C=O) groups is 14. The molecule has 0 radical (unpaired) electrons. The number of phenolic OH excluding ortho intramolecular Hbond substituents is 3. The summed E-state index contributed by atoms with van der Waals surface area (Å²) in [5, 5.41) is 73.2. The van der Waals surface area contributed by atoms with Gasteiger partial charge < -0.3 is 99.8 Å². The first kappa shape index (κ1) is 89.1. The number of rotatable bonds is 19. The number of nitrogens with two attached hydrogens (primary N) is 1. The number of nitrogens with zero attached hydrogens (tertiary/aromatic N) is 1. The minimum atomic E-state index is -1.81. The maximum Gasteiger partial charge on any atom is 0.245 e. The summed E-state index contributed by atoms with van der Waals surface area (Å²) < 4.78 is 0. The van der Waals surface area contributed by atoms with E-state index < -0.39 is 181 Å². The van der Waals surface area contributed by atoms with E-state index in [1.807, 2.05) is 0 Å². The summed E-state index contributed by atoms with van der Waals surface area (Å²) in [5.41, 5.74) is 8.34. The number of benzene rings is 5. The highest BCUT2D eigenvalue weighted by atomic mass is 32.2. The number of aliphatic hydroxyl groups is 1. The van der Waals surface area contributed by atoms with Gasteiger partial charge in [0.2, 0.25) is 82.7 Å². The Balaban J connectivity index is 1.28. The van der Waals surface area contributed by atoms with Crippen LogP contribution in [0, 0.1) is 17.8 Å². The van der Waals surface area contributed by atoms with Gasteiger partial charge in [0, 0.05) is 62.0 Å². The van der Waals surface area contributed by atoms with E-state index in [4.69, 9.17) is 5.73 Å². The SMILES string of the molecule is CC(C)C[C@@H]1NC(=O)[C@H](Cc2ccc(O)cc2)NC(=O)[C@H](C)NC(=O)CSC[C@@H](C(=O)NCC(N)=O)NC(=O)[C@H](CC(C)C)NC(=O)[C@H](Cc2ccccc2)N(C)C(=O)[C@H](Cc2ccc(O)cc2)NC(=O)[C@H](Cc2c[nH]c3ccccc23)NC(=O)CNC(=O)[C@H](CO)NC(=O)[C@H](Cc2ccc(O)cc2)NC(=O)[C@H](C(C)C)NC1=O. The van der Waals surface area contributed by atoms with Crippen molar-refractivity contribution >= 4 is 105 Å². The van der Waals surface area contributed by atoms with Gasteiger partial charge in [0.15, 0.2) is 0 Å². The molecule has 612 valence electrons. The smallest absolute Gasteiger partial charge is 0.245 e. The largest absolute Gasteiger partial charge is 0.508 e. The second kappa shape index (κ2) is 43.1. The lowest BCUT2D eigenvalue weighted by atomic mass is 9.98. The highest BCUT2D eigenvalue weighted by molar-refractivity contribution is 8.00. The van der Waals surface area contributed by atoms with Crippen molar-refractivity contribution in [2.24, 2.45) is 23.5 Å². The molecule has 0 bridgehead atoms. The number of phenols is 3. The van der Waals surface area contributed by atoms with E-state index in [0.29, 0.717) is 38.7 Å². The lowest BCUT2D eigenvalue weighted by Crippen LogP contribution is -2.61. The van der Waals surface area contributed by atoms with Crippen LogP contribution in [0.3, 0.4) is 0 Å². The number of thioether (sulfide) groups is 1. The molecule has 1 aromatic heterocycles. The average molecular weight is 1590 g/mol. The predicted octanol–water partition coefficient (Wildman–Crippen LogP) is -0.302. The summed E-state index contributed by atoms with van der Waals surface area (Å²) in [6.07, 6.45) is 0.288. The van der Waals surface area contributed by atoms with E-state index in [2.05, 4.69) is 68.8 Å². The third kappa shape index (κ3) is 27.7. The number of hydrogen-bond donors (Lipinski definition) is 18. The molecular weight excluding hydrogens is 1490 g/mol. The van der Waals surface area contributed by atoms with E-state index in [-0.39, 0.29) is 79.8 Å². The molecule has 1 fully saturated rings. The number of H-pyrrole nitrogens is 1. The van der Waals surface area contributed by atoms with E-state index >= 15 is 14.4 Å². The first-order chi connectivity index (χ1) is 54.1. The van der Waals surface area contributed by atoms with Crippen molar-refractivity contribution < 1.29 is 87.5 Å². The van der Waals surface area contributed by atoms with Crippen molar-refractivity contribution in [1.29, 1.82) is 0 Å². The monoisotopic (exact) mass is 1590 g/mol. The number of fused-ring (bicyclic) bond motifs is 1. The lowest BCUT2D eigenvalue weighted by Gasteiger charge is -2.33. The van der Waals surface area contributed by atoms with Crippen LogP contribution < -0.4 is 69.5 Å². The normalized spacial score (nSPS) is 22.7. The Morgan fingerprint density at radius 1 is 0.491 bits per heavy atom. The molecule has 7 rings (SSSR count). The zero-order chi connectivity index (χ0) is 83.5. The van der Waals surface area contributed by atoms with E-state index in [9.17, 15) is 73.2 Å². The Labute approximate surface area is 663 Å². The highest BCUT2D eigenvalue weighted by Gasteiger charge is 2.39. The number of carbonyl (C=O) groups excluding carboxylic acids is 14. The molecule has 1 aliphatic heterocycles. The molecule has 34 heteroatoms. The number of aromatic hydroxyl groups is 3. The lowest BCUT2D eigenvalue weighted by molar-refractivity contribution is -0.143. The fourth-order valence-electron chi connectivity index (χ4n) is 12.5. The summed E-state index contributed by atoms with van der Waals surface area (Å²) in [6, 6.07) is 15.9. The van der Waals surface area contributed by atoms with Crippen LogP contribution in [0.1, 0.15) is 89.1 Å². The zero-order valence-corrected chi connectivity index (χ0v) is 65.5. The van der Waals surface area contributed by atoms with E-state index in [1.165, 1.54) is 86.8 Å². The van der Waals surface area contributed by atoms with E-state index in [0.717, 1.165) is 16.7 Å². The number of hydrogen-bond acceptors (Lipinski definition) is 19. The first-order valence-corrected chi connectivity index (χ1v) is 38.5. The van der Waals surface area contributed by atoms with Gasteiger partial charge in [0.25, 0.3) is 0 Å².